The van der Waals surface area contributed by atoms with Gasteiger partial charge in [0.2, 0.25) is 0 Å². The lowest BCUT2D eigenvalue weighted by Gasteiger charge is -2.27. The quantitative estimate of drug-likeness (QED) is 0.835. The summed E-state index contributed by atoms with van der Waals surface area (Å²) in [5, 5.41) is 3.28. The lowest BCUT2D eigenvalue weighted by Crippen LogP contribution is -2.47. The van der Waals surface area contributed by atoms with E-state index in [2.05, 4.69) is 5.32 Å². The van der Waals surface area contributed by atoms with Gasteiger partial charge in [-0.3, -0.25) is 4.90 Å². The van der Waals surface area contributed by atoms with E-state index in [1.54, 1.807) is 7.11 Å². The maximum absolute atomic E-state index is 12.1. The van der Waals surface area contributed by atoms with E-state index < -0.39 is 18.1 Å². The average molecular weight is 306 g/mol. The number of methoxy groups -OCH3 is 3. The zero-order chi connectivity index (χ0) is 15.9. The van der Waals surface area contributed by atoms with Gasteiger partial charge >= 0.3 is 12.1 Å². The topological polar surface area (TPSA) is 77.1 Å². The van der Waals surface area contributed by atoms with Gasteiger partial charge < -0.3 is 19.5 Å². The van der Waals surface area contributed by atoms with E-state index in [0.717, 1.165) is 17.0 Å². The van der Waals surface area contributed by atoms with Crippen LogP contribution in [0.4, 0.5) is 10.5 Å². The largest absolute Gasteiger partial charge is 0.497 e. The Morgan fingerprint density at radius 3 is 2.64 bits per heavy atom. The highest BCUT2D eigenvalue weighted by atomic mass is 16.5. The number of hydrogen-bond donors (Lipinski definition) is 1. The highest BCUT2D eigenvalue weighted by molar-refractivity contribution is 5.84. The summed E-state index contributed by atoms with van der Waals surface area (Å²) in [4.78, 5) is 25.5. The Kier molecular flexibility index (Phi) is 3.56. The molecule has 22 heavy (non-hydrogen) atoms. The zero-order valence-electron chi connectivity index (χ0n) is 12.7. The Bertz CT molecular complexity index is 618. The molecule has 1 amide bonds. The first-order valence-electron chi connectivity index (χ1n) is 6.99. The van der Waals surface area contributed by atoms with E-state index in [0.29, 0.717) is 6.42 Å². The van der Waals surface area contributed by atoms with Crippen LogP contribution in [-0.2, 0) is 14.3 Å². The van der Waals surface area contributed by atoms with Crippen LogP contribution < -0.4 is 10.1 Å². The first-order chi connectivity index (χ1) is 10.6. The van der Waals surface area contributed by atoms with Gasteiger partial charge in [-0.2, -0.15) is 0 Å². The second-order valence-electron chi connectivity index (χ2n) is 5.30. The predicted molar refractivity (Wildman–Crippen MR) is 77.8 cm³/mol. The van der Waals surface area contributed by atoms with E-state index >= 15 is 0 Å². The molecule has 118 valence electrons. The number of benzene rings is 1. The number of ether oxygens (including phenoxy) is 3. The summed E-state index contributed by atoms with van der Waals surface area (Å²) < 4.78 is 14.9. The first-order valence-corrected chi connectivity index (χ1v) is 6.99. The summed E-state index contributed by atoms with van der Waals surface area (Å²) >= 11 is 0. The number of carbonyl (C=O) groups is 2. The molecule has 0 bridgehead atoms. The number of anilines is 1. The van der Waals surface area contributed by atoms with E-state index in [1.165, 1.54) is 19.1 Å². The number of rotatable bonds is 2. The van der Waals surface area contributed by atoms with Gasteiger partial charge in [0, 0.05) is 11.6 Å². The van der Waals surface area contributed by atoms with Crippen molar-refractivity contribution < 1.29 is 23.8 Å². The van der Waals surface area contributed by atoms with Gasteiger partial charge in [-0.15, -0.1) is 0 Å². The summed E-state index contributed by atoms with van der Waals surface area (Å²) in [6.45, 7) is 0. The third-order valence-electron chi connectivity index (χ3n) is 4.31. The predicted octanol–water partition coefficient (Wildman–Crippen LogP) is 1.54. The van der Waals surface area contributed by atoms with E-state index in [1.807, 2.05) is 18.2 Å². The molecule has 2 aliphatic rings. The van der Waals surface area contributed by atoms with Gasteiger partial charge in [-0.1, -0.05) is 0 Å². The molecule has 1 aromatic rings. The monoisotopic (exact) mass is 306 g/mol. The molecule has 2 aliphatic heterocycles. The SMILES string of the molecule is COC(=O)[C@@H]1C[C@@H]2c3cc(OC)ccc3N[C@@H]2N1C(=O)OC. The number of amides is 1. The van der Waals surface area contributed by atoms with Crippen molar-refractivity contribution in [3.05, 3.63) is 23.8 Å². The molecule has 7 heteroatoms. The van der Waals surface area contributed by atoms with Crippen molar-refractivity contribution in [1.29, 1.82) is 0 Å². The Morgan fingerprint density at radius 2 is 2.00 bits per heavy atom. The van der Waals surface area contributed by atoms with Crippen LogP contribution in [0.2, 0.25) is 0 Å². The van der Waals surface area contributed by atoms with Gasteiger partial charge in [0.1, 0.15) is 18.0 Å². The zero-order valence-corrected chi connectivity index (χ0v) is 12.7. The maximum Gasteiger partial charge on any atom is 0.411 e. The minimum absolute atomic E-state index is 0.00620. The van der Waals surface area contributed by atoms with Gasteiger partial charge in [-0.25, -0.2) is 9.59 Å². The van der Waals surface area contributed by atoms with Gasteiger partial charge in [0.15, 0.2) is 0 Å². The Morgan fingerprint density at radius 1 is 1.23 bits per heavy atom. The summed E-state index contributed by atoms with van der Waals surface area (Å²) in [5.74, 6) is 0.298. The third-order valence-corrected chi connectivity index (χ3v) is 4.31. The summed E-state index contributed by atoms with van der Waals surface area (Å²) in [7, 11) is 4.22. The van der Waals surface area contributed by atoms with Crippen molar-refractivity contribution >= 4 is 17.7 Å². The molecule has 0 aromatic heterocycles. The van der Waals surface area contributed by atoms with Crippen molar-refractivity contribution in [1.82, 2.24) is 4.90 Å². The normalized spacial score (nSPS) is 25.0. The molecule has 1 N–H and O–H groups in total. The number of likely N-dealkylation sites (tertiary alicyclic amines) is 1. The Hall–Kier alpha value is -2.44. The fraction of sp³-hybridized carbons (Fsp3) is 0.467. The molecule has 0 unspecified atom stereocenters. The highest BCUT2D eigenvalue weighted by Crippen LogP contribution is 2.47. The van der Waals surface area contributed by atoms with Gasteiger partial charge in [0.05, 0.1) is 21.3 Å². The van der Waals surface area contributed by atoms with E-state index in [-0.39, 0.29) is 12.1 Å². The van der Waals surface area contributed by atoms with Crippen LogP contribution in [0.25, 0.3) is 0 Å². The smallest absolute Gasteiger partial charge is 0.411 e. The van der Waals surface area contributed by atoms with E-state index in [9.17, 15) is 9.59 Å². The number of carbonyl (C=O) groups excluding carboxylic acids is 2. The fourth-order valence-electron chi connectivity index (χ4n) is 3.30. The number of nitrogens with one attached hydrogen (secondary N) is 1. The first kappa shape index (κ1) is 14.5. The maximum atomic E-state index is 12.1. The molecule has 3 atom stereocenters. The Balaban J connectivity index is 1.97. The minimum Gasteiger partial charge on any atom is -0.497 e. The summed E-state index contributed by atoms with van der Waals surface area (Å²) in [6, 6.07) is 5.05. The van der Waals surface area contributed by atoms with Crippen molar-refractivity contribution in [3.63, 3.8) is 0 Å². The third kappa shape index (κ3) is 2.04. The van der Waals surface area contributed by atoms with Crippen LogP contribution in [-0.4, -0.2) is 50.5 Å². The van der Waals surface area contributed by atoms with Crippen LogP contribution in [0.5, 0.6) is 5.75 Å². The average Bonchev–Trinajstić information content (AvgIpc) is 3.08. The van der Waals surface area contributed by atoms with Crippen LogP contribution in [0.1, 0.15) is 17.9 Å². The molecule has 2 heterocycles. The summed E-state index contributed by atoms with van der Waals surface area (Å²) in [6.07, 6.45) is -0.381. The Labute approximate surface area is 128 Å². The molecule has 0 aliphatic carbocycles. The lowest BCUT2D eigenvalue weighted by atomic mass is 9.96. The lowest BCUT2D eigenvalue weighted by molar-refractivity contribution is -0.145. The van der Waals surface area contributed by atoms with Crippen molar-refractivity contribution in [3.8, 4) is 5.75 Å². The van der Waals surface area contributed by atoms with Crippen LogP contribution in [0.3, 0.4) is 0 Å². The fourth-order valence-corrected chi connectivity index (χ4v) is 3.30. The van der Waals surface area contributed by atoms with Crippen LogP contribution in [0.15, 0.2) is 18.2 Å². The molecule has 3 rings (SSSR count). The molecular formula is C15H18N2O5. The van der Waals surface area contributed by atoms with Gasteiger partial charge in [0.25, 0.3) is 0 Å². The molecular weight excluding hydrogens is 288 g/mol. The second kappa shape index (κ2) is 5.40. The molecule has 0 radical (unpaired) electrons. The second-order valence-corrected chi connectivity index (χ2v) is 5.30. The molecule has 1 fully saturated rings. The molecule has 1 aromatic carbocycles. The highest BCUT2D eigenvalue weighted by Gasteiger charge is 2.52. The van der Waals surface area contributed by atoms with Crippen LogP contribution >= 0.6 is 0 Å². The van der Waals surface area contributed by atoms with Crippen LogP contribution in [0, 0.1) is 0 Å². The molecule has 1 saturated heterocycles. The van der Waals surface area contributed by atoms with Crippen molar-refractivity contribution in [2.24, 2.45) is 0 Å². The molecule has 7 nitrogen and oxygen atoms in total. The van der Waals surface area contributed by atoms with Crippen molar-refractivity contribution in [2.75, 3.05) is 26.6 Å². The number of nitrogens with zero attached hydrogens (tertiary/aromatic N) is 1. The number of hydrogen-bond acceptors (Lipinski definition) is 6. The minimum atomic E-state index is -0.653. The number of fused-ring (bicyclic) bond motifs is 3. The molecule has 0 spiro atoms. The summed E-state index contributed by atoms with van der Waals surface area (Å²) in [5.41, 5.74) is 1.97. The molecule has 0 saturated carbocycles. The number of esters is 1. The van der Waals surface area contributed by atoms with Gasteiger partial charge in [-0.05, 0) is 30.2 Å². The van der Waals surface area contributed by atoms with Crippen molar-refractivity contribution in [2.45, 2.75) is 24.5 Å². The van der Waals surface area contributed by atoms with E-state index in [4.69, 9.17) is 14.2 Å². The standard InChI is InChI=1S/C15H18N2O5/c1-20-8-4-5-11-9(6-8)10-7-12(14(18)21-2)17(13(10)16-11)15(19)22-3/h4-6,10,12-13,16H,7H2,1-3H3/t10-,12+,13-/m1/s1.